The van der Waals surface area contributed by atoms with Gasteiger partial charge in [-0.05, 0) is 30.0 Å². The van der Waals surface area contributed by atoms with Gasteiger partial charge >= 0.3 is 18.1 Å². The summed E-state index contributed by atoms with van der Waals surface area (Å²) in [7, 11) is 0. The van der Waals surface area contributed by atoms with E-state index in [-0.39, 0.29) is 12.0 Å². The summed E-state index contributed by atoms with van der Waals surface area (Å²) in [5.74, 6) is -3.13. The monoisotopic (exact) mass is 273 g/mol. The molecular formula is C12H10F3NO3. The average molecular weight is 273 g/mol. The Morgan fingerprint density at radius 3 is 2.58 bits per heavy atom. The van der Waals surface area contributed by atoms with Gasteiger partial charge in [-0.25, -0.2) is 4.79 Å². The van der Waals surface area contributed by atoms with Crippen LogP contribution in [0.4, 0.5) is 13.2 Å². The number of carbonyl (C=O) groups excluding carboxylic acids is 1. The highest BCUT2D eigenvalue weighted by Gasteiger charge is 2.41. The van der Waals surface area contributed by atoms with Gasteiger partial charge in [0.25, 0.3) is 0 Å². The summed E-state index contributed by atoms with van der Waals surface area (Å²) in [6.07, 6.45) is -4.34. The van der Waals surface area contributed by atoms with E-state index in [1.807, 2.05) is 5.32 Å². The van der Waals surface area contributed by atoms with Crippen molar-refractivity contribution in [3.63, 3.8) is 0 Å². The van der Waals surface area contributed by atoms with E-state index in [1.165, 1.54) is 18.2 Å². The Morgan fingerprint density at radius 1 is 1.32 bits per heavy atom. The summed E-state index contributed by atoms with van der Waals surface area (Å²) in [5.41, 5.74) is 1.00. The lowest BCUT2D eigenvalue weighted by Gasteiger charge is -2.15. The summed E-state index contributed by atoms with van der Waals surface area (Å²) < 4.78 is 36.5. The van der Waals surface area contributed by atoms with E-state index < -0.39 is 24.1 Å². The fourth-order valence-corrected chi connectivity index (χ4v) is 2.24. The fraction of sp³-hybridized carbons (Fsp3) is 0.333. The number of hydrogen-bond acceptors (Lipinski definition) is 2. The zero-order chi connectivity index (χ0) is 14.2. The number of fused-ring (bicyclic) bond motifs is 1. The third-order valence-corrected chi connectivity index (χ3v) is 3.06. The van der Waals surface area contributed by atoms with Crippen molar-refractivity contribution in [2.24, 2.45) is 0 Å². The number of aromatic carboxylic acids is 1. The van der Waals surface area contributed by atoms with Crippen LogP contribution >= 0.6 is 0 Å². The summed E-state index contributed by atoms with van der Waals surface area (Å²) in [6, 6.07) is 3.61. The molecule has 19 heavy (non-hydrogen) atoms. The topological polar surface area (TPSA) is 66.4 Å². The van der Waals surface area contributed by atoms with Crippen LogP contribution in [0.3, 0.4) is 0 Å². The highest BCUT2D eigenvalue weighted by atomic mass is 19.4. The number of halogens is 3. The van der Waals surface area contributed by atoms with E-state index in [4.69, 9.17) is 5.11 Å². The number of hydrogen-bond donors (Lipinski definition) is 2. The molecule has 0 saturated carbocycles. The summed E-state index contributed by atoms with van der Waals surface area (Å²) in [5, 5.41) is 10.9. The molecule has 0 saturated heterocycles. The van der Waals surface area contributed by atoms with Crippen LogP contribution in [-0.4, -0.2) is 23.2 Å². The van der Waals surface area contributed by atoms with Crippen molar-refractivity contribution >= 4 is 11.9 Å². The first-order valence-corrected chi connectivity index (χ1v) is 5.53. The van der Waals surface area contributed by atoms with Gasteiger partial charge in [-0.15, -0.1) is 0 Å². The molecule has 1 aliphatic carbocycles. The molecule has 0 fully saturated rings. The average Bonchev–Trinajstić information content (AvgIpc) is 2.71. The zero-order valence-corrected chi connectivity index (χ0v) is 9.62. The normalized spacial score (nSPS) is 17.9. The van der Waals surface area contributed by atoms with Crippen molar-refractivity contribution in [1.82, 2.24) is 5.32 Å². The van der Waals surface area contributed by atoms with Gasteiger partial charge in [-0.2, -0.15) is 13.2 Å². The minimum absolute atomic E-state index is 0.0706. The van der Waals surface area contributed by atoms with Crippen molar-refractivity contribution in [3.8, 4) is 0 Å². The molecule has 0 spiro atoms. The Balaban J connectivity index is 2.26. The second kappa shape index (κ2) is 4.56. The third-order valence-electron chi connectivity index (χ3n) is 3.06. The standard InChI is InChI=1S/C12H10F3NO3/c13-12(14,15)11(19)16-9-5-4-6-7(9)2-1-3-8(6)10(17)18/h1-3,9H,4-5H2,(H,16,19)(H,17,18). The van der Waals surface area contributed by atoms with Crippen LogP contribution in [0.2, 0.25) is 0 Å². The van der Waals surface area contributed by atoms with Gasteiger partial charge in [0.15, 0.2) is 0 Å². The van der Waals surface area contributed by atoms with Gasteiger partial charge in [-0.1, -0.05) is 12.1 Å². The van der Waals surface area contributed by atoms with Gasteiger partial charge in [0.05, 0.1) is 11.6 Å². The predicted octanol–water partition coefficient (Wildman–Crippen LogP) is 2.05. The maximum absolute atomic E-state index is 12.2. The van der Waals surface area contributed by atoms with Crippen LogP contribution in [0.5, 0.6) is 0 Å². The molecule has 2 rings (SSSR count). The van der Waals surface area contributed by atoms with E-state index in [2.05, 4.69) is 0 Å². The van der Waals surface area contributed by atoms with E-state index in [1.54, 1.807) is 0 Å². The number of rotatable bonds is 2. The van der Waals surface area contributed by atoms with E-state index in [9.17, 15) is 22.8 Å². The predicted molar refractivity (Wildman–Crippen MR) is 58.7 cm³/mol. The van der Waals surface area contributed by atoms with Crippen LogP contribution < -0.4 is 5.32 Å². The number of carbonyl (C=O) groups is 2. The summed E-state index contributed by atoms with van der Waals surface area (Å²) >= 11 is 0. The lowest BCUT2D eigenvalue weighted by molar-refractivity contribution is -0.174. The Morgan fingerprint density at radius 2 is 2.00 bits per heavy atom. The molecule has 0 aromatic heterocycles. The number of benzene rings is 1. The van der Waals surface area contributed by atoms with Crippen molar-refractivity contribution in [2.45, 2.75) is 25.1 Å². The summed E-state index contributed by atoms with van der Waals surface area (Å²) in [4.78, 5) is 21.9. The van der Waals surface area contributed by atoms with E-state index >= 15 is 0 Å². The maximum Gasteiger partial charge on any atom is 0.471 e. The molecule has 0 aliphatic heterocycles. The lowest BCUT2D eigenvalue weighted by atomic mass is 10.0. The summed E-state index contributed by atoms with van der Waals surface area (Å²) in [6.45, 7) is 0. The minimum atomic E-state index is -4.94. The highest BCUT2D eigenvalue weighted by Crippen LogP contribution is 2.34. The van der Waals surface area contributed by atoms with Crippen molar-refractivity contribution < 1.29 is 27.9 Å². The molecule has 1 unspecified atom stereocenters. The zero-order valence-electron chi connectivity index (χ0n) is 9.62. The fourth-order valence-electron chi connectivity index (χ4n) is 2.24. The Labute approximate surface area is 106 Å². The van der Waals surface area contributed by atoms with Crippen LogP contribution in [0.25, 0.3) is 0 Å². The first-order valence-electron chi connectivity index (χ1n) is 5.53. The number of alkyl halides is 3. The van der Waals surface area contributed by atoms with Crippen LogP contribution in [-0.2, 0) is 11.2 Å². The number of carboxylic acid groups (broad SMARTS) is 1. The largest absolute Gasteiger partial charge is 0.478 e. The van der Waals surface area contributed by atoms with Gasteiger partial charge in [0.1, 0.15) is 0 Å². The molecule has 0 radical (unpaired) electrons. The van der Waals surface area contributed by atoms with Crippen molar-refractivity contribution in [2.75, 3.05) is 0 Å². The lowest BCUT2D eigenvalue weighted by Crippen LogP contribution is -2.38. The van der Waals surface area contributed by atoms with Crippen LogP contribution in [0.15, 0.2) is 18.2 Å². The van der Waals surface area contributed by atoms with Gasteiger partial charge in [0, 0.05) is 0 Å². The second-order valence-corrected chi connectivity index (χ2v) is 4.24. The molecule has 102 valence electrons. The van der Waals surface area contributed by atoms with Crippen molar-refractivity contribution in [1.29, 1.82) is 0 Å². The molecule has 7 heteroatoms. The van der Waals surface area contributed by atoms with E-state index in [0.717, 1.165) is 0 Å². The molecule has 2 N–H and O–H groups in total. The molecule has 4 nitrogen and oxygen atoms in total. The molecule has 1 aromatic rings. The maximum atomic E-state index is 12.2. The Hall–Kier alpha value is -2.05. The van der Waals surface area contributed by atoms with Gasteiger partial charge in [0.2, 0.25) is 0 Å². The van der Waals surface area contributed by atoms with Gasteiger partial charge in [-0.3, -0.25) is 4.79 Å². The Kier molecular flexibility index (Phi) is 3.21. The first-order chi connectivity index (χ1) is 8.80. The number of amides is 1. The smallest absolute Gasteiger partial charge is 0.471 e. The molecule has 1 aromatic carbocycles. The number of carboxylic acids is 1. The molecule has 0 bridgehead atoms. The highest BCUT2D eigenvalue weighted by molar-refractivity contribution is 5.90. The molecule has 0 heterocycles. The van der Waals surface area contributed by atoms with Crippen molar-refractivity contribution in [3.05, 3.63) is 34.9 Å². The SMILES string of the molecule is O=C(O)c1cccc2c1CCC2NC(=O)C(F)(F)F. The van der Waals surface area contributed by atoms with Crippen LogP contribution in [0, 0.1) is 0 Å². The molecular weight excluding hydrogens is 263 g/mol. The Bertz CT molecular complexity index is 540. The first kappa shape index (κ1) is 13.4. The molecule has 1 atom stereocenters. The minimum Gasteiger partial charge on any atom is -0.478 e. The molecule has 1 aliphatic rings. The quantitative estimate of drug-likeness (QED) is 0.866. The van der Waals surface area contributed by atoms with E-state index in [0.29, 0.717) is 17.5 Å². The second-order valence-electron chi connectivity index (χ2n) is 4.24. The van der Waals surface area contributed by atoms with Crippen LogP contribution in [0.1, 0.15) is 33.9 Å². The number of nitrogens with one attached hydrogen (secondary N) is 1. The third kappa shape index (κ3) is 2.54. The van der Waals surface area contributed by atoms with Gasteiger partial charge < -0.3 is 10.4 Å². The molecule has 1 amide bonds.